The van der Waals surface area contributed by atoms with Crippen molar-refractivity contribution in [2.45, 2.75) is 6.61 Å². The van der Waals surface area contributed by atoms with Crippen LogP contribution < -0.4 is 0 Å². The van der Waals surface area contributed by atoms with Gasteiger partial charge in [0.15, 0.2) is 0 Å². The van der Waals surface area contributed by atoms with Gasteiger partial charge < -0.3 is 0 Å². The van der Waals surface area contributed by atoms with Crippen molar-refractivity contribution in [1.29, 1.82) is 0 Å². The summed E-state index contributed by atoms with van der Waals surface area (Å²) in [6.07, 6.45) is 0.857. The molecule has 0 radical (unpaired) electrons. The van der Waals surface area contributed by atoms with Crippen molar-refractivity contribution >= 4 is 27.4 Å². The van der Waals surface area contributed by atoms with Crippen LogP contribution in [0.2, 0.25) is 5.02 Å². The van der Waals surface area contributed by atoms with Gasteiger partial charge in [0.05, 0.1) is 28.4 Å². The number of nitro groups is 1. The van der Waals surface area contributed by atoms with Gasteiger partial charge in [0.25, 0.3) is 15.8 Å². The van der Waals surface area contributed by atoms with E-state index in [1.165, 1.54) is 18.2 Å². The third-order valence-electron chi connectivity index (χ3n) is 1.71. The van der Waals surface area contributed by atoms with Gasteiger partial charge in [-0.2, -0.15) is 8.42 Å². The molecule has 0 unspecified atom stereocenters. The van der Waals surface area contributed by atoms with Crippen molar-refractivity contribution < 1.29 is 17.5 Å². The monoisotopic (exact) mass is 265 g/mol. The number of benzene rings is 1. The van der Waals surface area contributed by atoms with Crippen LogP contribution in [0.5, 0.6) is 0 Å². The van der Waals surface area contributed by atoms with E-state index < -0.39 is 21.6 Å². The fourth-order valence-corrected chi connectivity index (χ4v) is 1.58. The minimum absolute atomic E-state index is 0.0413. The average Bonchev–Trinajstić information content (AvgIpc) is 2.13. The molecule has 0 saturated heterocycles. The second kappa shape index (κ2) is 4.77. The van der Waals surface area contributed by atoms with Crippen LogP contribution in [0.1, 0.15) is 5.56 Å². The van der Waals surface area contributed by atoms with Crippen molar-refractivity contribution in [2.24, 2.45) is 0 Å². The second-order valence-corrected chi connectivity index (χ2v) is 5.01. The summed E-state index contributed by atoms with van der Waals surface area (Å²) in [6.45, 7) is -0.450. The molecule has 16 heavy (non-hydrogen) atoms. The zero-order chi connectivity index (χ0) is 12.3. The Kier molecular flexibility index (Phi) is 3.84. The van der Waals surface area contributed by atoms with E-state index in [4.69, 9.17) is 11.6 Å². The number of hydrogen-bond acceptors (Lipinski definition) is 5. The molecule has 0 aromatic heterocycles. The molecule has 0 spiro atoms. The third kappa shape index (κ3) is 3.44. The first kappa shape index (κ1) is 12.9. The summed E-state index contributed by atoms with van der Waals surface area (Å²) in [5, 5.41) is 10.7. The summed E-state index contributed by atoms with van der Waals surface area (Å²) >= 11 is 5.72. The van der Waals surface area contributed by atoms with Gasteiger partial charge in [-0.3, -0.25) is 14.3 Å². The highest BCUT2D eigenvalue weighted by Crippen LogP contribution is 2.27. The first-order valence-corrected chi connectivity index (χ1v) is 6.27. The molecule has 0 bridgehead atoms. The highest BCUT2D eigenvalue weighted by Gasteiger charge is 2.18. The molecule has 8 heteroatoms. The Bertz CT molecular complexity index is 513. The maximum absolute atomic E-state index is 10.8. The minimum atomic E-state index is -3.66. The molecule has 0 heterocycles. The SMILES string of the molecule is CS(=O)(=O)OCc1c(Cl)cccc1[N+](=O)[O-]. The summed E-state index contributed by atoms with van der Waals surface area (Å²) in [5.41, 5.74) is -0.226. The van der Waals surface area contributed by atoms with Crippen LogP contribution in [0.15, 0.2) is 18.2 Å². The number of halogens is 1. The van der Waals surface area contributed by atoms with Crippen LogP contribution in [-0.2, 0) is 20.9 Å². The van der Waals surface area contributed by atoms with E-state index in [2.05, 4.69) is 4.18 Å². The molecule has 0 aliphatic carbocycles. The van der Waals surface area contributed by atoms with Crippen LogP contribution >= 0.6 is 11.6 Å². The normalized spacial score (nSPS) is 11.4. The number of hydrogen-bond donors (Lipinski definition) is 0. The zero-order valence-corrected chi connectivity index (χ0v) is 9.79. The predicted octanol–water partition coefficient (Wildman–Crippen LogP) is 1.72. The van der Waals surface area contributed by atoms with E-state index in [1.54, 1.807) is 0 Å². The number of rotatable bonds is 4. The molecule has 0 aliphatic heterocycles. The standard InChI is InChI=1S/C8H8ClNO5S/c1-16(13,14)15-5-6-7(9)3-2-4-8(6)10(11)12/h2-4H,5H2,1H3. The quantitative estimate of drug-likeness (QED) is 0.470. The Morgan fingerprint density at radius 2 is 2.12 bits per heavy atom. The van der Waals surface area contributed by atoms with E-state index in [9.17, 15) is 18.5 Å². The van der Waals surface area contributed by atoms with Gasteiger partial charge in [-0.05, 0) is 6.07 Å². The highest BCUT2D eigenvalue weighted by molar-refractivity contribution is 7.85. The Morgan fingerprint density at radius 1 is 1.50 bits per heavy atom. The van der Waals surface area contributed by atoms with Gasteiger partial charge in [-0.15, -0.1) is 0 Å². The molecular formula is C8H8ClNO5S. The lowest BCUT2D eigenvalue weighted by atomic mass is 10.2. The maximum Gasteiger partial charge on any atom is 0.276 e. The van der Waals surface area contributed by atoms with E-state index in [0.717, 1.165) is 6.26 Å². The lowest BCUT2D eigenvalue weighted by Crippen LogP contribution is -2.05. The van der Waals surface area contributed by atoms with Crippen LogP contribution in [0.3, 0.4) is 0 Å². The molecule has 1 aromatic rings. The van der Waals surface area contributed by atoms with E-state index in [-0.39, 0.29) is 16.3 Å². The Hall–Kier alpha value is -1.18. The lowest BCUT2D eigenvalue weighted by molar-refractivity contribution is -0.385. The van der Waals surface area contributed by atoms with E-state index in [0.29, 0.717) is 0 Å². The Labute approximate surface area is 97.1 Å². The summed E-state index contributed by atoms with van der Waals surface area (Å²) in [6, 6.07) is 4.06. The predicted molar refractivity (Wildman–Crippen MR) is 57.7 cm³/mol. The topological polar surface area (TPSA) is 86.5 Å². The van der Waals surface area contributed by atoms with Crippen LogP contribution in [0.4, 0.5) is 5.69 Å². The third-order valence-corrected chi connectivity index (χ3v) is 2.61. The van der Waals surface area contributed by atoms with Crippen molar-refractivity contribution in [3.05, 3.63) is 38.9 Å². The van der Waals surface area contributed by atoms with Gasteiger partial charge >= 0.3 is 0 Å². The molecular weight excluding hydrogens is 258 g/mol. The molecule has 0 N–H and O–H groups in total. The summed E-state index contributed by atoms with van der Waals surface area (Å²) < 4.78 is 26.0. The first-order chi connectivity index (χ1) is 7.31. The van der Waals surface area contributed by atoms with Gasteiger partial charge in [0, 0.05) is 6.07 Å². The molecule has 1 aromatic carbocycles. The van der Waals surface area contributed by atoms with Crippen LogP contribution in [-0.4, -0.2) is 19.6 Å². The fraction of sp³-hybridized carbons (Fsp3) is 0.250. The molecule has 88 valence electrons. The molecule has 0 atom stereocenters. The summed E-state index contributed by atoms with van der Waals surface area (Å²) in [7, 11) is -3.66. The molecule has 0 fully saturated rings. The number of nitro benzene ring substituents is 1. The maximum atomic E-state index is 10.8. The minimum Gasteiger partial charge on any atom is -0.265 e. The van der Waals surface area contributed by atoms with Crippen molar-refractivity contribution in [2.75, 3.05) is 6.26 Å². The van der Waals surface area contributed by atoms with Gasteiger partial charge in [-0.25, -0.2) is 0 Å². The molecule has 0 aliphatic rings. The smallest absolute Gasteiger partial charge is 0.265 e. The van der Waals surface area contributed by atoms with Gasteiger partial charge in [0.1, 0.15) is 0 Å². The first-order valence-electron chi connectivity index (χ1n) is 4.07. The summed E-state index contributed by atoms with van der Waals surface area (Å²) in [4.78, 5) is 9.99. The van der Waals surface area contributed by atoms with E-state index in [1.807, 2.05) is 0 Å². The summed E-state index contributed by atoms with van der Waals surface area (Å²) in [5.74, 6) is 0. The second-order valence-electron chi connectivity index (χ2n) is 2.96. The fourth-order valence-electron chi connectivity index (χ4n) is 1.03. The Morgan fingerprint density at radius 3 is 2.62 bits per heavy atom. The van der Waals surface area contributed by atoms with E-state index >= 15 is 0 Å². The highest BCUT2D eigenvalue weighted by atomic mass is 35.5. The largest absolute Gasteiger partial charge is 0.276 e. The molecule has 0 amide bonds. The van der Waals surface area contributed by atoms with Gasteiger partial charge in [0.2, 0.25) is 0 Å². The molecule has 1 rings (SSSR count). The van der Waals surface area contributed by atoms with Gasteiger partial charge in [-0.1, -0.05) is 17.7 Å². The van der Waals surface area contributed by atoms with Crippen molar-refractivity contribution in [3.63, 3.8) is 0 Å². The lowest BCUT2D eigenvalue weighted by Gasteiger charge is -2.04. The Balaban J connectivity index is 3.07. The average molecular weight is 266 g/mol. The van der Waals surface area contributed by atoms with Crippen LogP contribution in [0.25, 0.3) is 0 Å². The number of nitrogens with zero attached hydrogens (tertiary/aromatic N) is 1. The molecule has 6 nitrogen and oxygen atoms in total. The van der Waals surface area contributed by atoms with Crippen LogP contribution in [0, 0.1) is 10.1 Å². The molecule has 0 saturated carbocycles. The zero-order valence-electron chi connectivity index (χ0n) is 8.21. The van der Waals surface area contributed by atoms with Crippen molar-refractivity contribution in [3.8, 4) is 0 Å². The van der Waals surface area contributed by atoms with Crippen molar-refractivity contribution in [1.82, 2.24) is 0 Å².